The van der Waals surface area contributed by atoms with Crippen LogP contribution in [0.4, 0.5) is 11.4 Å². The van der Waals surface area contributed by atoms with Gasteiger partial charge in [-0.15, -0.1) is 0 Å². The summed E-state index contributed by atoms with van der Waals surface area (Å²) in [6.45, 7) is 3.97. The average molecular weight is 469 g/mol. The fraction of sp³-hybridized carbons (Fsp3) is 0.0833. The molecule has 0 bridgehead atoms. The number of nitrogens with one attached hydrogen (secondary N) is 1. The van der Waals surface area contributed by atoms with Gasteiger partial charge in [-0.2, -0.15) is 0 Å². The molecule has 0 aliphatic carbocycles. The summed E-state index contributed by atoms with van der Waals surface area (Å²) < 4.78 is 0. The van der Waals surface area contributed by atoms with Gasteiger partial charge >= 0.3 is 0 Å². The number of carbonyl (C=O) groups is 2. The van der Waals surface area contributed by atoms with Gasteiger partial charge in [-0.1, -0.05) is 65.3 Å². The fourth-order valence-corrected chi connectivity index (χ4v) is 4.44. The Morgan fingerprint density at radius 1 is 0.839 bits per heavy atom. The highest BCUT2D eigenvalue weighted by molar-refractivity contribution is 8.04. The van der Waals surface area contributed by atoms with Crippen LogP contribution in [-0.4, -0.2) is 11.8 Å². The number of aryl methyl sites for hydroxylation is 1. The number of thioether (sulfide) groups is 1. The quantitative estimate of drug-likeness (QED) is 0.428. The highest BCUT2D eigenvalue weighted by Crippen LogP contribution is 2.39. The van der Waals surface area contributed by atoms with Crippen LogP contribution in [0.2, 0.25) is 10.0 Å². The number of carbonyl (C=O) groups excluding carboxylic acids is 2. The van der Waals surface area contributed by atoms with Crippen molar-refractivity contribution in [3.8, 4) is 0 Å². The maximum atomic E-state index is 13.4. The lowest BCUT2D eigenvalue weighted by atomic mass is 10.1. The van der Waals surface area contributed by atoms with Crippen LogP contribution in [0, 0.1) is 13.8 Å². The summed E-state index contributed by atoms with van der Waals surface area (Å²) in [6, 6.07) is 20.0. The summed E-state index contributed by atoms with van der Waals surface area (Å²) in [4.78, 5) is 29.1. The number of amides is 2. The van der Waals surface area contributed by atoms with Crippen molar-refractivity contribution in [2.24, 2.45) is 0 Å². The first-order valence-corrected chi connectivity index (χ1v) is 11.1. The van der Waals surface area contributed by atoms with Crippen LogP contribution >= 0.6 is 35.0 Å². The van der Waals surface area contributed by atoms with Crippen molar-refractivity contribution in [1.82, 2.24) is 0 Å². The zero-order chi connectivity index (χ0) is 22.1. The average Bonchev–Trinajstić information content (AvgIpc) is 2.98. The van der Waals surface area contributed by atoms with E-state index in [0.29, 0.717) is 15.6 Å². The van der Waals surface area contributed by atoms with Gasteiger partial charge in [0.05, 0.1) is 15.7 Å². The summed E-state index contributed by atoms with van der Waals surface area (Å²) in [5.74, 6) is -0.854. The normalized spacial score (nSPS) is 13.9. The second-order valence-corrected chi connectivity index (χ2v) is 8.93. The molecule has 4 nitrogen and oxygen atoms in total. The molecule has 2 amide bonds. The largest absolute Gasteiger partial charge is 0.350 e. The monoisotopic (exact) mass is 468 g/mol. The molecule has 3 aromatic carbocycles. The summed E-state index contributed by atoms with van der Waals surface area (Å²) in [5, 5.41) is 3.84. The number of imide groups is 1. The van der Waals surface area contributed by atoms with Gasteiger partial charge in [-0.25, -0.2) is 4.90 Å². The molecule has 7 heteroatoms. The molecule has 1 N–H and O–H groups in total. The van der Waals surface area contributed by atoms with Gasteiger partial charge in [0.2, 0.25) is 0 Å². The maximum absolute atomic E-state index is 13.4. The third kappa shape index (κ3) is 4.22. The smallest absolute Gasteiger partial charge is 0.283 e. The van der Waals surface area contributed by atoms with E-state index in [1.54, 1.807) is 12.1 Å². The number of anilines is 2. The van der Waals surface area contributed by atoms with Crippen molar-refractivity contribution in [2.45, 2.75) is 18.7 Å². The second-order valence-electron chi connectivity index (χ2n) is 7.04. The van der Waals surface area contributed by atoms with E-state index in [2.05, 4.69) is 5.32 Å². The first kappa shape index (κ1) is 21.5. The summed E-state index contributed by atoms with van der Waals surface area (Å²) >= 11 is 13.4. The molecule has 1 aliphatic rings. The highest BCUT2D eigenvalue weighted by atomic mass is 35.5. The van der Waals surface area contributed by atoms with Gasteiger partial charge in [0, 0.05) is 10.6 Å². The first-order valence-electron chi connectivity index (χ1n) is 9.51. The zero-order valence-electron chi connectivity index (χ0n) is 16.8. The molecular formula is C24H18Cl2N2O2S. The molecule has 31 heavy (non-hydrogen) atoms. The van der Waals surface area contributed by atoms with E-state index in [9.17, 15) is 9.59 Å². The van der Waals surface area contributed by atoms with Crippen molar-refractivity contribution < 1.29 is 9.59 Å². The molecule has 0 aromatic heterocycles. The molecule has 4 rings (SSSR count). The number of nitrogens with zero attached hydrogens (tertiary/aromatic N) is 1. The predicted molar refractivity (Wildman–Crippen MR) is 128 cm³/mol. The standard InChI is InChI=1S/C24H18Cl2N2O2S/c1-14-7-6-10-20(15(14)2)27-21-22(31-17-8-4-3-5-9-17)24(30)28(23(21)29)16-11-12-18(25)19(26)13-16/h3-13,27H,1-2H3. The minimum atomic E-state index is -0.442. The Hall–Kier alpha value is -2.73. The van der Waals surface area contributed by atoms with E-state index in [1.807, 2.05) is 62.4 Å². The number of benzene rings is 3. The summed E-state index contributed by atoms with van der Waals surface area (Å²) in [7, 11) is 0. The molecule has 1 heterocycles. The van der Waals surface area contributed by atoms with Crippen molar-refractivity contribution in [3.05, 3.63) is 98.5 Å². The van der Waals surface area contributed by atoms with Gasteiger partial charge in [0.15, 0.2) is 0 Å². The Morgan fingerprint density at radius 3 is 2.29 bits per heavy atom. The Balaban J connectivity index is 1.78. The minimum Gasteiger partial charge on any atom is -0.350 e. The van der Waals surface area contributed by atoms with Crippen molar-refractivity contribution in [2.75, 3.05) is 10.2 Å². The molecule has 0 fully saturated rings. The first-order chi connectivity index (χ1) is 14.9. The van der Waals surface area contributed by atoms with Crippen molar-refractivity contribution in [1.29, 1.82) is 0 Å². The lowest BCUT2D eigenvalue weighted by Gasteiger charge is -2.16. The molecule has 0 saturated heterocycles. The van der Waals surface area contributed by atoms with Crippen LogP contribution in [0.3, 0.4) is 0 Å². The zero-order valence-corrected chi connectivity index (χ0v) is 19.1. The number of halogens is 2. The molecular weight excluding hydrogens is 451 g/mol. The number of hydrogen-bond acceptors (Lipinski definition) is 4. The third-order valence-electron chi connectivity index (χ3n) is 5.03. The molecule has 0 unspecified atom stereocenters. The molecule has 1 aliphatic heterocycles. The molecule has 0 spiro atoms. The lowest BCUT2D eigenvalue weighted by molar-refractivity contribution is -0.120. The molecule has 0 saturated carbocycles. The van der Waals surface area contributed by atoms with Gasteiger partial charge in [-0.05, 0) is 61.4 Å². The minimum absolute atomic E-state index is 0.235. The fourth-order valence-electron chi connectivity index (χ4n) is 3.20. The Labute approximate surface area is 194 Å². The third-order valence-corrected chi connectivity index (χ3v) is 6.86. The Morgan fingerprint density at radius 2 is 1.58 bits per heavy atom. The summed E-state index contributed by atoms with van der Waals surface area (Å²) in [5.41, 5.74) is 3.47. The number of hydrogen-bond donors (Lipinski definition) is 1. The second kappa shape index (κ2) is 8.79. The van der Waals surface area contributed by atoms with E-state index in [0.717, 1.165) is 26.6 Å². The van der Waals surface area contributed by atoms with Gasteiger partial charge in [-0.3, -0.25) is 9.59 Å². The van der Waals surface area contributed by atoms with Crippen LogP contribution < -0.4 is 10.2 Å². The molecule has 3 aromatic rings. The Kier molecular flexibility index (Phi) is 6.10. The van der Waals surface area contributed by atoms with E-state index >= 15 is 0 Å². The molecule has 0 atom stereocenters. The van der Waals surface area contributed by atoms with Crippen molar-refractivity contribution >= 4 is 58.2 Å². The van der Waals surface area contributed by atoms with Crippen LogP contribution in [0.5, 0.6) is 0 Å². The van der Waals surface area contributed by atoms with Crippen LogP contribution in [0.25, 0.3) is 0 Å². The lowest BCUT2D eigenvalue weighted by Crippen LogP contribution is -2.32. The highest BCUT2D eigenvalue weighted by Gasteiger charge is 2.40. The topological polar surface area (TPSA) is 49.4 Å². The Bertz CT molecular complexity index is 1230. The van der Waals surface area contributed by atoms with E-state index < -0.39 is 11.8 Å². The molecule has 156 valence electrons. The van der Waals surface area contributed by atoms with Gasteiger partial charge in [0.1, 0.15) is 10.6 Å². The summed E-state index contributed by atoms with van der Waals surface area (Å²) in [6.07, 6.45) is 0. The number of rotatable bonds is 5. The predicted octanol–water partition coefficient (Wildman–Crippen LogP) is 6.60. The van der Waals surface area contributed by atoms with E-state index in [-0.39, 0.29) is 10.7 Å². The van der Waals surface area contributed by atoms with Gasteiger partial charge < -0.3 is 5.32 Å². The van der Waals surface area contributed by atoms with Gasteiger partial charge in [0.25, 0.3) is 11.8 Å². The maximum Gasteiger partial charge on any atom is 0.283 e. The van der Waals surface area contributed by atoms with Crippen LogP contribution in [0.1, 0.15) is 11.1 Å². The molecule has 0 radical (unpaired) electrons. The van der Waals surface area contributed by atoms with Crippen molar-refractivity contribution in [3.63, 3.8) is 0 Å². The van der Waals surface area contributed by atoms with Crippen LogP contribution in [0.15, 0.2) is 82.2 Å². The van der Waals surface area contributed by atoms with E-state index in [1.165, 1.54) is 17.8 Å². The van der Waals surface area contributed by atoms with Crippen LogP contribution in [-0.2, 0) is 9.59 Å². The van der Waals surface area contributed by atoms with E-state index in [4.69, 9.17) is 23.2 Å². The SMILES string of the molecule is Cc1cccc(NC2=C(Sc3ccccc3)C(=O)N(c3ccc(Cl)c(Cl)c3)C2=O)c1C.